The lowest BCUT2D eigenvalue weighted by Crippen LogP contribution is -2.11. The quantitative estimate of drug-likeness (QED) is 0.154. The van der Waals surface area contributed by atoms with Gasteiger partial charge in [-0.1, -0.05) is 158 Å². The van der Waals surface area contributed by atoms with Gasteiger partial charge in [-0.3, -0.25) is 0 Å². The minimum atomic E-state index is 1.09. The second kappa shape index (κ2) is 13.4. The molecule has 59 heavy (non-hydrogen) atoms. The summed E-state index contributed by atoms with van der Waals surface area (Å²) in [5.41, 5.74) is 12.8. The fourth-order valence-corrected chi connectivity index (χ4v) is 9.51. The maximum atomic E-state index is 2.44. The number of benzene rings is 10. The van der Waals surface area contributed by atoms with Crippen LogP contribution in [0.4, 0.5) is 17.1 Å². The second-order valence-corrected chi connectivity index (χ2v) is 15.3. The van der Waals surface area contributed by atoms with Gasteiger partial charge in [0.2, 0.25) is 0 Å². The molecule has 0 saturated heterocycles. The molecule has 2 heterocycles. The molecule has 0 aliphatic heterocycles. The summed E-state index contributed by atoms with van der Waals surface area (Å²) in [6, 6.07) is 81.7. The summed E-state index contributed by atoms with van der Waals surface area (Å²) in [6.07, 6.45) is 0. The minimum absolute atomic E-state index is 1.09. The third kappa shape index (κ3) is 5.22. The molecule has 0 radical (unpaired) electrons. The number of hydrogen-bond acceptors (Lipinski definition) is 1. The Bertz CT molecular complexity index is 3500. The first-order valence-corrected chi connectivity index (χ1v) is 20.3. The van der Waals surface area contributed by atoms with Crippen molar-refractivity contribution in [3.8, 4) is 22.5 Å². The van der Waals surface area contributed by atoms with Crippen LogP contribution in [0.25, 0.3) is 87.7 Å². The van der Waals surface area contributed by atoms with Crippen LogP contribution in [-0.4, -0.2) is 9.13 Å². The Morgan fingerprint density at radius 3 is 1.54 bits per heavy atom. The van der Waals surface area contributed by atoms with Crippen molar-refractivity contribution in [2.75, 3.05) is 4.90 Å². The Kier molecular flexibility index (Phi) is 7.54. The van der Waals surface area contributed by atoms with Gasteiger partial charge in [-0.25, -0.2) is 0 Å². The van der Waals surface area contributed by atoms with Crippen molar-refractivity contribution in [2.24, 2.45) is 0 Å². The number of hydrogen-bond donors (Lipinski definition) is 0. The van der Waals surface area contributed by atoms with Gasteiger partial charge < -0.3 is 14.0 Å². The summed E-state index contributed by atoms with van der Waals surface area (Å²) in [7, 11) is 0. The molecule has 0 spiro atoms. The van der Waals surface area contributed by atoms with Gasteiger partial charge in [0.1, 0.15) is 0 Å². The van der Waals surface area contributed by atoms with Crippen LogP contribution in [0.3, 0.4) is 0 Å². The first-order chi connectivity index (χ1) is 29.3. The third-order valence-corrected chi connectivity index (χ3v) is 12.1. The predicted octanol–water partition coefficient (Wildman–Crippen LogP) is 15.3. The van der Waals surface area contributed by atoms with Crippen molar-refractivity contribution in [1.29, 1.82) is 0 Å². The van der Waals surface area contributed by atoms with Crippen LogP contribution in [0, 0.1) is 0 Å². The Labute approximate surface area is 341 Å². The first-order valence-electron chi connectivity index (χ1n) is 20.3. The zero-order valence-corrected chi connectivity index (χ0v) is 32.2. The molecule has 0 amide bonds. The number of para-hydroxylation sites is 5. The van der Waals surface area contributed by atoms with Gasteiger partial charge >= 0.3 is 0 Å². The van der Waals surface area contributed by atoms with Crippen LogP contribution < -0.4 is 4.90 Å². The highest BCUT2D eigenvalue weighted by Gasteiger charge is 2.21. The highest BCUT2D eigenvalue weighted by atomic mass is 15.1. The maximum Gasteiger partial charge on any atom is 0.0619 e. The molecule has 12 aromatic rings. The molecule has 0 aliphatic carbocycles. The zero-order valence-electron chi connectivity index (χ0n) is 32.2. The second-order valence-electron chi connectivity index (χ2n) is 15.3. The van der Waals surface area contributed by atoms with E-state index < -0.39 is 0 Å². The fourth-order valence-electron chi connectivity index (χ4n) is 9.51. The van der Waals surface area contributed by atoms with E-state index in [2.05, 4.69) is 238 Å². The smallest absolute Gasteiger partial charge is 0.0619 e. The normalized spacial score (nSPS) is 11.7. The Balaban J connectivity index is 1.08. The van der Waals surface area contributed by atoms with E-state index in [9.17, 15) is 0 Å². The topological polar surface area (TPSA) is 13.1 Å². The molecule has 0 aliphatic rings. The third-order valence-electron chi connectivity index (χ3n) is 12.1. The summed E-state index contributed by atoms with van der Waals surface area (Å²) in [6.45, 7) is 0. The highest BCUT2D eigenvalue weighted by molar-refractivity contribution is 6.16. The van der Waals surface area contributed by atoms with Crippen LogP contribution in [0.2, 0.25) is 0 Å². The van der Waals surface area contributed by atoms with Gasteiger partial charge in [-0.2, -0.15) is 0 Å². The van der Waals surface area contributed by atoms with Crippen LogP contribution >= 0.6 is 0 Å². The van der Waals surface area contributed by atoms with Crippen molar-refractivity contribution in [1.82, 2.24) is 9.13 Å². The summed E-state index contributed by atoms with van der Waals surface area (Å²) in [5.74, 6) is 0. The molecular formula is C56H37N3. The summed E-state index contributed by atoms with van der Waals surface area (Å²) < 4.78 is 4.82. The summed E-state index contributed by atoms with van der Waals surface area (Å²) in [5, 5.41) is 9.91. The molecule has 0 atom stereocenters. The van der Waals surface area contributed by atoms with Gasteiger partial charge in [-0.05, 0) is 88.5 Å². The van der Waals surface area contributed by atoms with Crippen molar-refractivity contribution in [2.45, 2.75) is 0 Å². The maximum absolute atomic E-state index is 2.44. The minimum Gasteiger partial charge on any atom is -0.310 e. The average molecular weight is 752 g/mol. The average Bonchev–Trinajstić information content (AvgIpc) is 3.83. The molecule has 276 valence electrons. The van der Waals surface area contributed by atoms with Crippen LogP contribution in [0.1, 0.15) is 0 Å². The van der Waals surface area contributed by atoms with Crippen LogP contribution in [-0.2, 0) is 0 Å². The first kappa shape index (κ1) is 33.3. The van der Waals surface area contributed by atoms with E-state index in [1.54, 1.807) is 0 Å². The molecule has 10 aromatic carbocycles. The largest absolute Gasteiger partial charge is 0.310 e. The SMILES string of the molecule is c1ccc(-n2c3ccccc3c3cccc(-c4ccc(N(c5cccc(-n6c7ccccc7c7ccccc76)c5)c5cc6ccccc6c6ccccc56)cc4)c32)cc1. The molecular weight excluding hydrogens is 715 g/mol. The lowest BCUT2D eigenvalue weighted by atomic mass is 9.98. The van der Waals surface area contributed by atoms with E-state index in [0.29, 0.717) is 0 Å². The molecule has 0 unspecified atom stereocenters. The van der Waals surface area contributed by atoms with Gasteiger partial charge in [-0.15, -0.1) is 0 Å². The number of fused-ring (bicyclic) bond motifs is 9. The predicted molar refractivity (Wildman–Crippen MR) is 250 cm³/mol. The molecule has 3 heteroatoms. The van der Waals surface area contributed by atoms with E-state index in [0.717, 1.165) is 28.4 Å². The molecule has 12 rings (SSSR count). The zero-order chi connectivity index (χ0) is 38.9. The highest BCUT2D eigenvalue weighted by Crippen LogP contribution is 2.44. The van der Waals surface area contributed by atoms with Gasteiger partial charge in [0.25, 0.3) is 0 Å². The van der Waals surface area contributed by atoms with E-state index in [4.69, 9.17) is 0 Å². The molecule has 0 fully saturated rings. The number of aromatic nitrogens is 2. The fraction of sp³-hybridized carbons (Fsp3) is 0. The molecule has 0 saturated carbocycles. The number of anilines is 3. The lowest BCUT2D eigenvalue weighted by molar-refractivity contribution is 1.17. The molecule has 3 nitrogen and oxygen atoms in total. The molecule has 2 aromatic heterocycles. The van der Waals surface area contributed by atoms with E-state index in [1.165, 1.54) is 76.3 Å². The summed E-state index contributed by atoms with van der Waals surface area (Å²) >= 11 is 0. The number of nitrogens with zero attached hydrogens (tertiary/aromatic N) is 3. The Morgan fingerprint density at radius 1 is 0.305 bits per heavy atom. The van der Waals surface area contributed by atoms with Crippen molar-refractivity contribution >= 4 is 82.2 Å². The van der Waals surface area contributed by atoms with E-state index >= 15 is 0 Å². The molecule has 0 bridgehead atoms. The summed E-state index contributed by atoms with van der Waals surface area (Å²) in [4.78, 5) is 2.44. The molecule has 0 N–H and O–H groups in total. The van der Waals surface area contributed by atoms with Gasteiger partial charge in [0.15, 0.2) is 0 Å². The van der Waals surface area contributed by atoms with Gasteiger partial charge in [0.05, 0.1) is 27.8 Å². The Morgan fingerprint density at radius 2 is 0.831 bits per heavy atom. The van der Waals surface area contributed by atoms with E-state index in [1.807, 2.05) is 0 Å². The Hall–Kier alpha value is -7.88. The lowest BCUT2D eigenvalue weighted by Gasteiger charge is -2.28. The van der Waals surface area contributed by atoms with Crippen molar-refractivity contribution in [3.63, 3.8) is 0 Å². The van der Waals surface area contributed by atoms with E-state index in [-0.39, 0.29) is 0 Å². The van der Waals surface area contributed by atoms with Crippen molar-refractivity contribution in [3.05, 3.63) is 224 Å². The van der Waals surface area contributed by atoms with Crippen LogP contribution in [0.15, 0.2) is 224 Å². The number of rotatable bonds is 6. The monoisotopic (exact) mass is 751 g/mol. The van der Waals surface area contributed by atoms with Gasteiger partial charge in [0, 0.05) is 55.2 Å². The van der Waals surface area contributed by atoms with Crippen molar-refractivity contribution < 1.29 is 0 Å². The van der Waals surface area contributed by atoms with Crippen LogP contribution in [0.5, 0.6) is 0 Å². The standard InChI is InChI=1S/C56H37N3/c1-2-17-40(18-3-1)59-54-31-13-10-26-50(54)51-28-15-27-45(56(51)59)38-32-34-41(35-33-38)57(55-36-39-16-4-5-21-44(39)46-22-6-7-23-47(46)55)42-19-14-20-43(37-42)58-52-29-11-8-24-48(52)49-25-9-12-30-53(49)58/h1-37H.